The largest absolute Gasteiger partial charge is 0.507 e. The summed E-state index contributed by atoms with van der Waals surface area (Å²) < 4.78 is 17.3. The standard InChI is InChI=1S/C32H35N9O5/c1-21(39-43)44-14-4-7-30-35-19-25(20-36-30)45-23-16-24(17-23)46-31-15-22(8-9-34-31)40-10-12-41(13-11-40)28-18-27(37-38-32(28)33)26-5-2-3-6-29(26)42/h2-3,5-6,8-9,15,18-21,23-24,39,42-43H,10-14,16-17H2,1H3,(H2,33,38). The van der Waals surface area contributed by atoms with Gasteiger partial charge in [-0.05, 0) is 37.1 Å². The normalized spacial score (nSPS) is 18.2. The molecule has 4 heterocycles. The second kappa shape index (κ2) is 14.2. The van der Waals surface area contributed by atoms with Gasteiger partial charge >= 0.3 is 0 Å². The van der Waals surface area contributed by atoms with Crippen molar-refractivity contribution in [3.63, 3.8) is 0 Å². The molecule has 0 radical (unpaired) electrons. The van der Waals surface area contributed by atoms with Crippen molar-refractivity contribution in [2.75, 3.05) is 48.3 Å². The summed E-state index contributed by atoms with van der Waals surface area (Å²) in [5.41, 5.74) is 11.2. The number of phenolic OH excluding ortho intramolecular Hbond substituents is 1. The highest BCUT2D eigenvalue weighted by Crippen LogP contribution is 2.33. The number of anilines is 3. The number of pyridine rings is 1. The molecule has 1 saturated heterocycles. The van der Waals surface area contributed by atoms with Gasteiger partial charge < -0.3 is 40.1 Å². The number of rotatable bonds is 10. The first-order valence-corrected chi connectivity index (χ1v) is 15.0. The molecule has 1 aromatic carbocycles. The van der Waals surface area contributed by atoms with Crippen molar-refractivity contribution in [3.05, 3.63) is 66.9 Å². The number of nitrogen functional groups attached to an aromatic ring is 1. The van der Waals surface area contributed by atoms with Crippen LogP contribution in [-0.4, -0.2) is 86.7 Å². The third-order valence-corrected chi connectivity index (χ3v) is 7.74. The zero-order valence-corrected chi connectivity index (χ0v) is 25.3. The number of nitrogens with zero attached hydrogens (tertiary/aromatic N) is 7. The molecule has 14 nitrogen and oxygen atoms in total. The molecule has 1 aliphatic carbocycles. The van der Waals surface area contributed by atoms with Crippen LogP contribution in [0.25, 0.3) is 11.3 Å². The minimum atomic E-state index is -0.506. The second-order valence-electron chi connectivity index (χ2n) is 10.9. The SMILES string of the molecule is CC(NO)OCC#Cc1ncc(OC2CC(Oc3cc(N4CCN(c5cc(-c6ccccc6O)nnc5N)CC4)ccn3)C2)cn1. The average Bonchev–Trinajstić information content (AvgIpc) is 3.07. The van der Waals surface area contributed by atoms with E-state index in [4.69, 9.17) is 25.2 Å². The van der Waals surface area contributed by atoms with Crippen molar-refractivity contribution in [2.24, 2.45) is 0 Å². The monoisotopic (exact) mass is 625 g/mol. The van der Waals surface area contributed by atoms with E-state index in [9.17, 15) is 5.11 Å². The average molecular weight is 626 g/mol. The number of nitrogens with one attached hydrogen (secondary N) is 1. The number of aromatic hydroxyl groups is 1. The van der Waals surface area contributed by atoms with Crippen LogP contribution in [0.4, 0.5) is 17.2 Å². The van der Waals surface area contributed by atoms with Gasteiger partial charge in [-0.15, -0.1) is 10.2 Å². The number of hydrogen-bond acceptors (Lipinski definition) is 14. The molecule has 0 spiro atoms. The lowest BCUT2D eigenvalue weighted by molar-refractivity contribution is -0.0284. The van der Waals surface area contributed by atoms with Crippen LogP contribution >= 0.6 is 0 Å². The highest BCUT2D eigenvalue weighted by Gasteiger charge is 2.33. The maximum absolute atomic E-state index is 10.3. The summed E-state index contributed by atoms with van der Waals surface area (Å²) in [4.78, 5) is 17.3. The molecule has 1 atom stereocenters. The smallest absolute Gasteiger partial charge is 0.215 e. The number of hydrogen-bond donors (Lipinski definition) is 4. The van der Waals surface area contributed by atoms with E-state index in [1.807, 2.05) is 35.8 Å². The Morgan fingerprint density at radius 1 is 0.978 bits per heavy atom. The Bertz CT molecular complexity index is 1680. The third kappa shape index (κ3) is 7.52. The minimum Gasteiger partial charge on any atom is -0.507 e. The first-order chi connectivity index (χ1) is 22.4. The molecular weight excluding hydrogens is 590 g/mol. The Balaban J connectivity index is 0.970. The maximum Gasteiger partial charge on any atom is 0.215 e. The summed E-state index contributed by atoms with van der Waals surface area (Å²) >= 11 is 0. The van der Waals surface area contributed by atoms with Crippen LogP contribution in [0.3, 0.4) is 0 Å². The number of hydroxylamine groups is 1. The van der Waals surface area contributed by atoms with Crippen LogP contribution in [0.2, 0.25) is 0 Å². The van der Waals surface area contributed by atoms with Gasteiger partial charge in [-0.3, -0.25) is 0 Å². The molecular formula is C32H35N9O5. The summed E-state index contributed by atoms with van der Waals surface area (Å²) in [6, 6.07) is 12.9. The highest BCUT2D eigenvalue weighted by molar-refractivity contribution is 5.74. The molecule has 4 aromatic rings. The van der Waals surface area contributed by atoms with Gasteiger partial charge in [0.25, 0.3) is 0 Å². The Hall–Kier alpha value is -5.23. The van der Waals surface area contributed by atoms with Gasteiger partial charge in [0, 0.05) is 62.5 Å². The van der Waals surface area contributed by atoms with E-state index >= 15 is 0 Å². The van der Waals surface area contributed by atoms with Gasteiger partial charge in [0.15, 0.2) is 11.6 Å². The van der Waals surface area contributed by atoms with Gasteiger partial charge in [0.1, 0.15) is 30.8 Å². The molecule has 6 rings (SSSR count). The quantitative estimate of drug-likeness (QED) is 0.115. The molecule has 46 heavy (non-hydrogen) atoms. The molecule has 1 saturated carbocycles. The fraction of sp³-hybridized carbons (Fsp3) is 0.344. The van der Waals surface area contributed by atoms with E-state index in [2.05, 4.69) is 46.8 Å². The van der Waals surface area contributed by atoms with Crippen molar-refractivity contribution in [1.82, 2.24) is 30.6 Å². The molecule has 1 unspecified atom stereocenters. The summed E-state index contributed by atoms with van der Waals surface area (Å²) in [6.07, 6.45) is 5.92. The van der Waals surface area contributed by atoms with Crippen molar-refractivity contribution in [1.29, 1.82) is 0 Å². The molecule has 238 valence electrons. The van der Waals surface area contributed by atoms with Crippen LogP contribution < -0.4 is 30.5 Å². The van der Waals surface area contributed by atoms with Crippen LogP contribution in [0.5, 0.6) is 17.4 Å². The zero-order chi connectivity index (χ0) is 31.9. The fourth-order valence-corrected chi connectivity index (χ4v) is 5.17. The Labute approximate surface area is 266 Å². The number of ether oxygens (including phenoxy) is 3. The number of aromatic nitrogens is 5. The Morgan fingerprint density at radius 2 is 1.72 bits per heavy atom. The number of phenols is 1. The first kappa shape index (κ1) is 30.8. The molecule has 0 amide bonds. The predicted molar refractivity (Wildman–Crippen MR) is 170 cm³/mol. The van der Waals surface area contributed by atoms with E-state index in [1.165, 1.54) is 0 Å². The fourth-order valence-electron chi connectivity index (χ4n) is 5.17. The highest BCUT2D eigenvalue weighted by atomic mass is 16.6. The maximum atomic E-state index is 10.3. The van der Waals surface area contributed by atoms with E-state index in [0.29, 0.717) is 34.5 Å². The van der Waals surface area contributed by atoms with Crippen LogP contribution in [0, 0.1) is 11.8 Å². The van der Waals surface area contributed by atoms with Gasteiger partial charge in [-0.1, -0.05) is 18.1 Å². The number of nitrogens with two attached hydrogens (primary N) is 1. The van der Waals surface area contributed by atoms with Gasteiger partial charge in [0.05, 0.1) is 23.8 Å². The minimum absolute atomic E-state index is 0.00384. The van der Waals surface area contributed by atoms with E-state index in [1.54, 1.807) is 37.6 Å². The lowest BCUT2D eigenvalue weighted by Crippen LogP contribution is -2.47. The number of para-hydroxylation sites is 1. The van der Waals surface area contributed by atoms with Crippen molar-refractivity contribution in [2.45, 2.75) is 38.2 Å². The zero-order valence-electron chi connectivity index (χ0n) is 25.3. The van der Waals surface area contributed by atoms with Crippen LogP contribution in [0.15, 0.2) is 61.1 Å². The number of benzene rings is 1. The second-order valence-corrected chi connectivity index (χ2v) is 10.9. The Morgan fingerprint density at radius 3 is 2.48 bits per heavy atom. The third-order valence-electron chi connectivity index (χ3n) is 7.74. The predicted octanol–water partition coefficient (Wildman–Crippen LogP) is 2.62. The topological polar surface area (TPSA) is 177 Å². The summed E-state index contributed by atoms with van der Waals surface area (Å²) in [7, 11) is 0. The van der Waals surface area contributed by atoms with E-state index in [-0.39, 0.29) is 24.6 Å². The van der Waals surface area contributed by atoms with E-state index in [0.717, 1.165) is 50.4 Å². The molecule has 14 heteroatoms. The lowest BCUT2D eigenvalue weighted by atomic mass is 9.92. The lowest BCUT2D eigenvalue weighted by Gasteiger charge is -2.38. The molecule has 0 bridgehead atoms. The summed E-state index contributed by atoms with van der Waals surface area (Å²) in [5, 5.41) is 27.3. The summed E-state index contributed by atoms with van der Waals surface area (Å²) in [5.74, 6) is 7.61. The summed E-state index contributed by atoms with van der Waals surface area (Å²) in [6.45, 7) is 4.83. The van der Waals surface area contributed by atoms with Gasteiger partial charge in [0.2, 0.25) is 11.7 Å². The molecule has 5 N–H and O–H groups in total. The molecule has 2 aliphatic rings. The van der Waals surface area contributed by atoms with Gasteiger partial charge in [-0.25, -0.2) is 15.0 Å². The van der Waals surface area contributed by atoms with Crippen molar-refractivity contribution in [3.8, 4) is 40.5 Å². The number of piperazine rings is 1. The molecule has 2 fully saturated rings. The van der Waals surface area contributed by atoms with Crippen LogP contribution in [0.1, 0.15) is 25.6 Å². The van der Waals surface area contributed by atoms with Crippen molar-refractivity contribution >= 4 is 17.2 Å². The molecule has 1 aliphatic heterocycles. The van der Waals surface area contributed by atoms with Crippen LogP contribution in [-0.2, 0) is 4.74 Å². The first-order valence-electron chi connectivity index (χ1n) is 15.0. The molecule has 3 aromatic heterocycles. The Kier molecular flexibility index (Phi) is 9.54. The van der Waals surface area contributed by atoms with E-state index < -0.39 is 6.23 Å². The van der Waals surface area contributed by atoms with Crippen molar-refractivity contribution < 1.29 is 24.5 Å². The van der Waals surface area contributed by atoms with Gasteiger partial charge in [-0.2, -0.15) is 5.48 Å².